The Labute approximate surface area is 122 Å². The van der Waals surface area contributed by atoms with Crippen LogP contribution in [0.2, 0.25) is 0 Å². The van der Waals surface area contributed by atoms with E-state index in [0.29, 0.717) is 17.0 Å². The molecule has 0 unspecified atom stereocenters. The number of hydrogen-bond acceptors (Lipinski definition) is 5. The third-order valence-electron chi connectivity index (χ3n) is 2.61. The first-order chi connectivity index (χ1) is 9.40. The van der Waals surface area contributed by atoms with Gasteiger partial charge in [-0.1, -0.05) is 0 Å². The second-order valence-corrected chi connectivity index (χ2v) is 5.77. The summed E-state index contributed by atoms with van der Waals surface area (Å²) in [5.74, 6) is 1.18. The second kappa shape index (κ2) is 7.86. The molecule has 0 aliphatic carbocycles. The first kappa shape index (κ1) is 16.5. The molecule has 20 heavy (non-hydrogen) atoms. The molecule has 6 nitrogen and oxygen atoms in total. The fourth-order valence-electron chi connectivity index (χ4n) is 1.50. The van der Waals surface area contributed by atoms with E-state index in [1.54, 1.807) is 24.8 Å². The molecule has 1 rings (SSSR count). The second-order valence-electron chi connectivity index (χ2n) is 4.66. The van der Waals surface area contributed by atoms with Gasteiger partial charge in [0, 0.05) is 30.1 Å². The summed E-state index contributed by atoms with van der Waals surface area (Å²) < 4.78 is 0. The van der Waals surface area contributed by atoms with Crippen LogP contribution < -0.4 is 5.32 Å². The van der Waals surface area contributed by atoms with E-state index in [1.165, 1.54) is 12.1 Å². The van der Waals surface area contributed by atoms with Gasteiger partial charge < -0.3 is 10.2 Å². The number of nitro groups is 1. The molecular weight excluding hydrogens is 278 g/mol. The van der Waals surface area contributed by atoms with E-state index in [-0.39, 0.29) is 11.6 Å². The monoisotopic (exact) mass is 297 g/mol. The van der Waals surface area contributed by atoms with E-state index in [2.05, 4.69) is 10.2 Å². The minimum Gasteiger partial charge on any atom is -0.325 e. The van der Waals surface area contributed by atoms with Crippen LogP contribution in [0.25, 0.3) is 0 Å². The Hall–Kier alpha value is -1.60. The predicted molar refractivity (Wildman–Crippen MR) is 82.3 cm³/mol. The number of hydrogen-bond donors (Lipinski definition) is 1. The summed E-state index contributed by atoms with van der Waals surface area (Å²) in [6.45, 7) is 2.66. The third kappa shape index (κ3) is 5.58. The molecule has 0 heterocycles. The van der Waals surface area contributed by atoms with Gasteiger partial charge in [0.05, 0.1) is 10.7 Å². The number of thioether (sulfide) groups is 1. The maximum Gasteiger partial charge on any atom is 0.269 e. The lowest BCUT2D eigenvalue weighted by Crippen LogP contribution is -2.18. The van der Waals surface area contributed by atoms with Crippen molar-refractivity contribution in [3.63, 3.8) is 0 Å². The molecule has 1 aromatic carbocycles. The lowest BCUT2D eigenvalue weighted by atomic mass is 10.2. The molecule has 0 saturated heterocycles. The molecule has 1 N–H and O–H groups in total. The minimum atomic E-state index is -0.449. The van der Waals surface area contributed by atoms with Crippen molar-refractivity contribution in [3.8, 4) is 0 Å². The number of amides is 1. The fourth-order valence-corrected chi connectivity index (χ4v) is 2.40. The SMILES string of the molecule is Cc1cc([N+](=O)[O-])ccc1NC(=O)CSCCN(C)C. The fraction of sp³-hybridized carbons (Fsp3) is 0.462. The van der Waals surface area contributed by atoms with Crippen molar-refractivity contribution in [1.29, 1.82) is 0 Å². The number of benzene rings is 1. The maximum absolute atomic E-state index is 11.7. The average Bonchev–Trinajstić information content (AvgIpc) is 2.36. The normalized spacial score (nSPS) is 10.6. The van der Waals surface area contributed by atoms with E-state index >= 15 is 0 Å². The van der Waals surface area contributed by atoms with Crippen molar-refractivity contribution in [2.45, 2.75) is 6.92 Å². The number of anilines is 1. The maximum atomic E-state index is 11.7. The molecule has 0 spiro atoms. The Bertz CT molecular complexity index is 492. The van der Waals surface area contributed by atoms with Crippen LogP contribution in [0.15, 0.2) is 18.2 Å². The highest BCUT2D eigenvalue weighted by atomic mass is 32.2. The Balaban J connectivity index is 2.48. The molecule has 0 fully saturated rings. The molecule has 0 aliphatic heterocycles. The molecule has 0 aromatic heterocycles. The van der Waals surface area contributed by atoms with Gasteiger partial charge in [0.15, 0.2) is 0 Å². The molecule has 0 atom stereocenters. The lowest BCUT2D eigenvalue weighted by molar-refractivity contribution is -0.384. The molecule has 0 bridgehead atoms. The van der Waals surface area contributed by atoms with E-state index < -0.39 is 4.92 Å². The average molecular weight is 297 g/mol. The van der Waals surface area contributed by atoms with E-state index in [0.717, 1.165) is 12.3 Å². The number of nitro benzene ring substituents is 1. The zero-order chi connectivity index (χ0) is 15.1. The Morgan fingerprint density at radius 3 is 2.70 bits per heavy atom. The van der Waals surface area contributed by atoms with Gasteiger partial charge in [-0.3, -0.25) is 14.9 Å². The Kier molecular flexibility index (Phi) is 6.47. The van der Waals surface area contributed by atoms with Gasteiger partial charge in [0.1, 0.15) is 0 Å². The zero-order valence-corrected chi connectivity index (χ0v) is 12.7. The standard InChI is InChI=1S/C13H19N3O3S/c1-10-8-11(16(18)19)4-5-12(10)14-13(17)9-20-7-6-15(2)3/h4-5,8H,6-7,9H2,1-3H3,(H,14,17). The number of nitrogens with zero attached hydrogens (tertiary/aromatic N) is 2. The predicted octanol–water partition coefficient (Wildman–Crippen LogP) is 2.14. The Morgan fingerprint density at radius 2 is 2.15 bits per heavy atom. The Morgan fingerprint density at radius 1 is 1.45 bits per heavy atom. The van der Waals surface area contributed by atoms with Crippen LogP contribution in [-0.2, 0) is 4.79 Å². The molecule has 7 heteroatoms. The molecular formula is C13H19N3O3S. The van der Waals surface area contributed by atoms with Crippen molar-refractivity contribution >= 4 is 29.0 Å². The van der Waals surface area contributed by atoms with Crippen molar-refractivity contribution in [2.75, 3.05) is 37.5 Å². The minimum absolute atomic E-state index is 0.0286. The van der Waals surface area contributed by atoms with Crippen LogP contribution in [0, 0.1) is 17.0 Å². The molecule has 0 radical (unpaired) electrons. The van der Waals surface area contributed by atoms with Crippen LogP contribution in [0.1, 0.15) is 5.56 Å². The smallest absolute Gasteiger partial charge is 0.269 e. The van der Waals surface area contributed by atoms with Crippen molar-refractivity contribution in [2.24, 2.45) is 0 Å². The van der Waals surface area contributed by atoms with Gasteiger partial charge >= 0.3 is 0 Å². The van der Waals surface area contributed by atoms with Crippen LogP contribution in [0.5, 0.6) is 0 Å². The van der Waals surface area contributed by atoms with E-state index in [9.17, 15) is 14.9 Å². The van der Waals surface area contributed by atoms with Crippen LogP contribution in [0.3, 0.4) is 0 Å². The van der Waals surface area contributed by atoms with Gasteiger partial charge in [-0.05, 0) is 32.6 Å². The van der Waals surface area contributed by atoms with E-state index in [4.69, 9.17) is 0 Å². The first-order valence-electron chi connectivity index (χ1n) is 6.17. The molecule has 110 valence electrons. The summed E-state index contributed by atoms with van der Waals surface area (Å²) in [5, 5.41) is 13.4. The number of rotatable bonds is 7. The van der Waals surface area contributed by atoms with Crippen LogP contribution >= 0.6 is 11.8 Å². The van der Waals surface area contributed by atoms with Gasteiger partial charge in [-0.2, -0.15) is 11.8 Å². The van der Waals surface area contributed by atoms with Gasteiger partial charge in [0.2, 0.25) is 5.91 Å². The van der Waals surface area contributed by atoms with Gasteiger partial charge in [-0.15, -0.1) is 0 Å². The van der Waals surface area contributed by atoms with Crippen molar-refractivity contribution in [1.82, 2.24) is 4.90 Å². The lowest BCUT2D eigenvalue weighted by Gasteiger charge is -2.10. The molecule has 1 aromatic rings. The number of carbonyl (C=O) groups is 1. The highest BCUT2D eigenvalue weighted by molar-refractivity contribution is 7.99. The highest BCUT2D eigenvalue weighted by Crippen LogP contribution is 2.21. The third-order valence-corrected chi connectivity index (χ3v) is 3.55. The topological polar surface area (TPSA) is 75.5 Å². The molecule has 0 aliphatic rings. The summed E-state index contributed by atoms with van der Waals surface area (Å²) >= 11 is 1.56. The zero-order valence-electron chi connectivity index (χ0n) is 11.9. The first-order valence-corrected chi connectivity index (χ1v) is 7.33. The number of non-ortho nitro benzene ring substituents is 1. The number of carbonyl (C=O) groups excluding carboxylic acids is 1. The van der Waals surface area contributed by atoms with Crippen molar-refractivity contribution in [3.05, 3.63) is 33.9 Å². The highest BCUT2D eigenvalue weighted by Gasteiger charge is 2.10. The summed E-state index contributed by atoms with van der Waals surface area (Å²) in [6, 6.07) is 4.41. The molecule has 0 saturated carbocycles. The van der Waals surface area contributed by atoms with Crippen LogP contribution in [0.4, 0.5) is 11.4 Å². The quantitative estimate of drug-likeness (QED) is 0.474. The molecule has 1 amide bonds. The number of nitrogens with one attached hydrogen (secondary N) is 1. The van der Waals surface area contributed by atoms with E-state index in [1.807, 2.05) is 14.1 Å². The number of aryl methyl sites for hydroxylation is 1. The van der Waals surface area contributed by atoms with Crippen molar-refractivity contribution < 1.29 is 9.72 Å². The summed E-state index contributed by atoms with van der Waals surface area (Å²) in [5.41, 5.74) is 1.33. The largest absolute Gasteiger partial charge is 0.325 e. The van der Waals surface area contributed by atoms with Crippen LogP contribution in [-0.4, -0.2) is 47.9 Å². The summed E-state index contributed by atoms with van der Waals surface area (Å²) in [4.78, 5) is 24.0. The summed E-state index contributed by atoms with van der Waals surface area (Å²) in [6.07, 6.45) is 0. The van der Waals surface area contributed by atoms with Gasteiger partial charge in [-0.25, -0.2) is 0 Å². The summed E-state index contributed by atoms with van der Waals surface area (Å²) in [7, 11) is 3.97. The van der Waals surface area contributed by atoms with Gasteiger partial charge in [0.25, 0.3) is 5.69 Å².